The van der Waals surface area contributed by atoms with Crippen molar-refractivity contribution in [2.45, 2.75) is 22.9 Å². The highest BCUT2D eigenvalue weighted by atomic mass is 32.2. The first-order valence-corrected chi connectivity index (χ1v) is 7.57. The number of carbonyl (C=O) groups excluding carboxylic acids is 1. The molecule has 1 fully saturated rings. The van der Waals surface area contributed by atoms with E-state index in [0.717, 1.165) is 24.3 Å². The topological polar surface area (TPSA) is 80.5 Å². The second kappa shape index (κ2) is 5.30. The molecule has 2 N–H and O–H groups in total. The predicted molar refractivity (Wildman–Crippen MR) is 68.2 cm³/mol. The molecule has 21 heavy (non-hydrogen) atoms. The molecular formula is C12H13F3N2O3S. The van der Waals surface area contributed by atoms with Gasteiger partial charge in [-0.05, 0) is 30.7 Å². The fourth-order valence-electron chi connectivity index (χ4n) is 2.06. The van der Waals surface area contributed by atoms with Crippen LogP contribution >= 0.6 is 0 Å². The molecule has 0 bridgehead atoms. The Morgan fingerprint density at radius 1 is 1.24 bits per heavy atom. The summed E-state index contributed by atoms with van der Waals surface area (Å²) in [6.07, 6.45) is 0.659. The summed E-state index contributed by atoms with van der Waals surface area (Å²) in [5.41, 5.74) is 0.441. The molecule has 1 saturated heterocycles. The molecule has 0 aliphatic carbocycles. The number of nitrogens with two attached hydrogens (primary N) is 1. The van der Waals surface area contributed by atoms with Gasteiger partial charge in [-0.2, -0.15) is 13.2 Å². The SMILES string of the molecule is N[C@@H]1CCN(C(=O)c2ccc(S(=O)(=O)C(F)(F)F)cc2)C1. The number of hydrogen-bond acceptors (Lipinski definition) is 4. The Morgan fingerprint density at radius 2 is 1.81 bits per heavy atom. The van der Waals surface area contributed by atoms with Crippen molar-refractivity contribution >= 4 is 15.7 Å². The number of rotatable bonds is 2. The summed E-state index contributed by atoms with van der Waals surface area (Å²) in [6, 6.07) is 3.60. The van der Waals surface area contributed by atoms with Crippen LogP contribution in [0.2, 0.25) is 0 Å². The summed E-state index contributed by atoms with van der Waals surface area (Å²) in [4.78, 5) is 12.6. The Labute approximate surface area is 119 Å². The number of hydrogen-bond donors (Lipinski definition) is 1. The molecule has 0 unspecified atom stereocenters. The fourth-order valence-corrected chi connectivity index (χ4v) is 2.83. The van der Waals surface area contributed by atoms with Gasteiger partial charge in [-0.15, -0.1) is 0 Å². The highest BCUT2D eigenvalue weighted by molar-refractivity contribution is 7.92. The molecular weight excluding hydrogens is 309 g/mol. The maximum atomic E-state index is 12.4. The van der Waals surface area contributed by atoms with Crippen molar-refractivity contribution in [3.05, 3.63) is 29.8 Å². The predicted octanol–water partition coefficient (Wildman–Crippen LogP) is 1.15. The highest BCUT2D eigenvalue weighted by Crippen LogP contribution is 2.30. The summed E-state index contributed by atoms with van der Waals surface area (Å²) in [5.74, 6) is -0.376. The third kappa shape index (κ3) is 3.03. The summed E-state index contributed by atoms with van der Waals surface area (Å²) < 4.78 is 59.6. The van der Waals surface area contributed by atoms with Gasteiger partial charge in [0.15, 0.2) is 0 Å². The van der Waals surface area contributed by atoms with Crippen LogP contribution in [0.25, 0.3) is 0 Å². The van der Waals surface area contributed by atoms with E-state index in [1.807, 2.05) is 0 Å². The summed E-state index contributed by atoms with van der Waals surface area (Å²) in [7, 11) is -5.39. The number of sulfone groups is 1. The molecule has 2 rings (SSSR count). The molecule has 1 amide bonds. The zero-order valence-electron chi connectivity index (χ0n) is 10.8. The number of carbonyl (C=O) groups is 1. The van der Waals surface area contributed by atoms with Crippen LogP contribution < -0.4 is 5.73 Å². The quantitative estimate of drug-likeness (QED) is 0.886. The van der Waals surface area contributed by atoms with E-state index in [0.29, 0.717) is 19.5 Å². The van der Waals surface area contributed by atoms with E-state index in [4.69, 9.17) is 5.73 Å². The maximum Gasteiger partial charge on any atom is 0.501 e. The Balaban J connectivity index is 2.22. The zero-order valence-corrected chi connectivity index (χ0v) is 11.6. The lowest BCUT2D eigenvalue weighted by atomic mass is 10.2. The highest BCUT2D eigenvalue weighted by Gasteiger charge is 2.46. The number of alkyl halides is 3. The van der Waals surface area contributed by atoms with E-state index in [1.54, 1.807) is 0 Å². The smallest absolute Gasteiger partial charge is 0.337 e. The number of benzene rings is 1. The molecule has 9 heteroatoms. The Morgan fingerprint density at radius 3 is 2.24 bits per heavy atom. The number of amides is 1. The summed E-state index contributed by atoms with van der Waals surface area (Å²) in [5, 5.41) is 0. The van der Waals surface area contributed by atoms with E-state index in [9.17, 15) is 26.4 Å². The molecule has 1 aliphatic heterocycles. The van der Waals surface area contributed by atoms with E-state index in [1.165, 1.54) is 4.90 Å². The van der Waals surface area contributed by atoms with Crippen molar-refractivity contribution < 1.29 is 26.4 Å². The standard InChI is InChI=1S/C12H13F3N2O3S/c13-12(14,15)21(19,20)10-3-1-8(2-4-10)11(18)17-6-5-9(16)7-17/h1-4,9H,5-7,16H2/t9-/m1/s1. The first-order valence-electron chi connectivity index (χ1n) is 6.09. The van der Waals surface area contributed by atoms with Crippen LogP contribution in [0.3, 0.4) is 0 Å². The van der Waals surface area contributed by atoms with Gasteiger partial charge >= 0.3 is 5.51 Å². The Kier molecular flexibility index (Phi) is 3.98. The van der Waals surface area contributed by atoms with Crippen molar-refractivity contribution in [3.63, 3.8) is 0 Å². The van der Waals surface area contributed by atoms with Gasteiger partial charge in [0.2, 0.25) is 0 Å². The van der Waals surface area contributed by atoms with Crippen molar-refractivity contribution in [2.75, 3.05) is 13.1 Å². The first-order chi connectivity index (χ1) is 9.63. The fraction of sp³-hybridized carbons (Fsp3) is 0.417. The number of halogens is 3. The zero-order chi connectivity index (χ0) is 15.8. The molecule has 116 valence electrons. The molecule has 5 nitrogen and oxygen atoms in total. The molecule has 1 atom stereocenters. The first kappa shape index (κ1) is 15.8. The lowest BCUT2D eigenvalue weighted by molar-refractivity contribution is -0.0436. The minimum Gasteiger partial charge on any atom is -0.337 e. The third-order valence-corrected chi connectivity index (χ3v) is 4.73. The van der Waals surface area contributed by atoms with Crippen LogP contribution in [0.1, 0.15) is 16.8 Å². The summed E-state index contributed by atoms with van der Waals surface area (Å²) in [6.45, 7) is 0.851. The average molecular weight is 322 g/mol. The molecule has 1 heterocycles. The Hall–Kier alpha value is -1.61. The minimum atomic E-state index is -5.39. The van der Waals surface area contributed by atoms with Gasteiger partial charge in [-0.1, -0.05) is 0 Å². The Bertz CT molecular complexity index is 641. The van der Waals surface area contributed by atoms with Gasteiger partial charge in [0.1, 0.15) is 0 Å². The van der Waals surface area contributed by atoms with Gasteiger partial charge in [0.25, 0.3) is 15.7 Å². The molecule has 0 aromatic heterocycles. The average Bonchev–Trinajstić information content (AvgIpc) is 2.83. The molecule has 1 aromatic carbocycles. The lowest BCUT2D eigenvalue weighted by Gasteiger charge is -2.16. The van der Waals surface area contributed by atoms with Crippen molar-refractivity contribution in [1.29, 1.82) is 0 Å². The molecule has 0 spiro atoms. The molecule has 0 saturated carbocycles. The van der Waals surface area contributed by atoms with Crippen molar-refractivity contribution in [3.8, 4) is 0 Å². The monoisotopic (exact) mass is 322 g/mol. The minimum absolute atomic E-state index is 0.112. The van der Waals surface area contributed by atoms with Crippen molar-refractivity contribution in [2.24, 2.45) is 5.73 Å². The molecule has 1 aromatic rings. The lowest BCUT2D eigenvalue weighted by Crippen LogP contribution is -2.31. The van der Waals surface area contributed by atoms with E-state index in [2.05, 4.69) is 0 Å². The van der Waals surface area contributed by atoms with Gasteiger partial charge in [0, 0.05) is 24.7 Å². The molecule has 0 radical (unpaired) electrons. The van der Waals surface area contributed by atoms with E-state index in [-0.39, 0.29) is 17.5 Å². The van der Waals surface area contributed by atoms with Gasteiger partial charge < -0.3 is 10.6 Å². The number of nitrogens with zero attached hydrogens (tertiary/aromatic N) is 1. The maximum absolute atomic E-state index is 12.4. The normalized spacial score (nSPS) is 19.8. The van der Waals surface area contributed by atoms with E-state index < -0.39 is 20.2 Å². The third-order valence-electron chi connectivity index (χ3n) is 3.23. The van der Waals surface area contributed by atoms with Crippen molar-refractivity contribution in [1.82, 2.24) is 4.90 Å². The van der Waals surface area contributed by atoms with Gasteiger partial charge in [-0.25, -0.2) is 8.42 Å². The largest absolute Gasteiger partial charge is 0.501 e. The second-order valence-electron chi connectivity index (χ2n) is 4.77. The molecule has 1 aliphatic rings. The van der Waals surface area contributed by atoms with Crippen LogP contribution in [-0.4, -0.2) is 43.9 Å². The van der Waals surface area contributed by atoms with E-state index >= 15 is 0 Å². The van der Waals surface area contributed by atoms with Gasteiger partial charge in [0.05, 0.1) is 4.90 Å². The van der Waals surface area contributed by atoms with Gasteiger partial charge in [-0.3, -0.25) is 4.79 Å². The number of likely N-dealkylation sites (tertiary alicyclic amines) is 1. The van der Waals surface area contributed by atoms with Crippen LogP contribution in [0.4, 0.5) is 13.2 Å². The van der Waals surface area contributed by atoms with Crippen LogP contribution in [-0.2, 0) is 9.84 Å². The second-order valence-corrected chi connectivity index (χ2v) is 6.71. The van der Waals surface area contributed by atoms with Crippen LogP contribution in [0, 0.1) is 0 Å². The summed E-state index contributed by atoms with van der Waals surface area (Å²) >= 11 is 0. The van der Waals surface area contributed by atoms with Crippen LogP contribution in [0.5, 0.6) is 0 Å². The van der Waals surface area contributed by atoms with Crippen LogP contribution in [0.15, 0.2) is 29.2 Å².